The van der Waals surface area contributed by atoms with Crippen molar-refractivity contribution in [1.82, 2.24) is 20.8 Å². The molecule has 0 saturated heterocycles. The number of halogens is 2. The van der Waals surface area contributed by atoms with Crippen molar-refractivity contribution in [2.24, 2.45) is 4.99 Å². The largest absolute Gasteiger partial charge is 0.459 e. The number of furan rings is 1. The minimum atomic E-state index is -0.267. The van der Waals surface area contributed by atoms with Gasteiger partial charge in [-0.15, -0.1) is 34.2 Å². The summed E-state index contributed by atoms with van der Waals surface area (Å²) in [6.07, 6.45) is 0. The van der Waals surface area contributed by atoms with Crippen molar-refractivity contribution in [3.63, 3.8) is 0 Å². The number of aliphatic imine (C=N–C) groups is 1. The van der Waals surface area contributed by atoms with Gasteiger partial charge in [0.1, 0.15) is 27.2 Å². The van der Waals surface area contributed by atoms with Crippen molar-refractivity contribution in [3.8, 4) is 0 Å². The van der Waals surface area contributed by atoms with Crippen LogP contribution in [0, 0.1) is 12.7 Å². The van der Waals surface area contributed by atoms with E-state index in [2.05, 4.69) is 39.7 Å². The number of hydrogen-bond acceptors (Lipinski definition) is 5. The zero-order chi connectivity index (χ0) is 18.7. The van der Waals surface area contributed by atoms with E-state index in [9.17, 15) is 4.39 Å². The van der Waals surface area contributed by atoms with Gasteiger partial charge in [-0.1, -0.05) is 25.2 Å². The number of aromatic nitrogens is 2. The van der Waals surface area contributed by atoms with Crippen LogP contribution in [-0.4, -0.2) is 23.2 Å². The van der Waals surface area contributed by atoms with Gasteiger partial charge in [0.05, 0.1) is 13.1 Å². The Labute approximate surface area is 178 Å². The fourth-order valence-corrected chi connectivity index (χ4v) is 3.31. The Morgan fingerprint density at radius 3 is 2.67 bits per heavy atom. The summed E-state index contributed by atoms with van der Waals surface area (Å²) in [6, 6.07) is 4.54. The van der Waals surface area contributed by atoms with Gasteiger partial charge in [-0.2, -0.15) is 0 Å². The predicted octanol–water partition coefficient (Wildman–Crippen LogP) is 4.34. The van der Waals surface area contributed by atoms with E-state index in [1.165, 1.54) is 12.1 Å². The zero-order valence-corrected chi connectivity index (χ0v) is 18.8. The van der Waals surface area contributed by atoms with Gasteiger partial charge < -0.3 is 15.1 Å². The van der Waals surface area contributed by atoms with Crippen LogP contribution in [-0.2, 0) is 13.1 Å². The molecule has 0 radical (unpaired) electrons. The maximum Gasteiger partial charge on any atom is 0.191 e. The zero-order valence-electron chi connectivity index (χ0n) is 15.7. The number of nitrogens with zero attached hydrogens (tertiary/aromatic N) is 3. The smallest absolute Gasteiger partial charge is 0.191 e. The van der Waals surface area contributed by atoms with Gasteiger partial charge >= 0.3 is 0 Å². The summed E-state index contributed by atoms with van der Waals surface area (Å²) in [7, 11) is 1.70. The summed E-state index contributed by atoms with van der Waals surface area (Å²) in [5, 5.41) is 17.5. The fraction of sp³-hybridized carbons (Fsp3) is 0.389. The molecule has 0 atom stereocenters. The van der Waals surface area contributed by atoms with Crippen molar-refractivity contribution in [2.45, 2.75) is 39.8 Å². The predicted molar refractivity (Wildman–Crippen MR) is 117 cm³/mol. The lowest BCUT2D eigenvalue weighted by Gasteiger charge is -2.09. The third kappa shape index (κ3) is 5.16. The summed E-state index contributed by atoms with van der Waals surface area (Å²) in [5.74, 6) is 1.50. The number of benzene rings is 1. The molecule has 2 aromatic heterocycles. The molecule has 0 aliphatic carbocycles. The highest BCUT2D eigenvalue weighted by Crippen LogP contribution is 2.25. The molecule has 0 saturated carbocycles. The number of hydrogen-bond donors (Lipinski definition) is 2. The number of nitrogens with one attached hydrogen (secondary N) is 2. The fourth-order valence-electron chi connectivity index (χ4n) is 2.53. The average Bonchev–Trinajstić information content (AvgIpc) is 3.21. The second-order valence-electron chi connectivity index (χ2n) is 6.26. The summed E-state index contributed by atoms with van der Waals surface area (Å²) in [6.45, 7) is 7.12. The first-order valence-electron chi connectivity index (χ1n) is 8.42. The molecule has 0 aliphatic rings. The van der Waals surface area contributed by atoms with Crippen LogP contribution in [0.1, 0.15) is 41.1 Å². The monoisotopic (exact) mass is 503 g/mol. The van der Waals surface area contributed by atoms with Crippen molar-refractivity contribution in [1.29, 1.82) is 0 Å². The Morgan fingerprint density at radius 1 is 1.26 bits per heavy atom. The Morgan fingerprint density at radius 2 is 2.00 bits per heavy atom. The molecule has 0 bridgehead atoms. The molecule has 0 aliphatic heterocycles. The summed E-state index contributed by atoms with van der Waals surface area (Å²) in [4.78, 5) is 4.21. The van der Waals surface area contributed by atoms with Crippen molar-refractivity contribution in [2.75, 3.05) is 7.05 Å². The lowest BCUT2D eigenvalue weighted by molar-refractivity contribution is 0.534. The van der Waals surface area contributed by atoms with Crippen LogP contribution in [0.25, 0.3) is 11.0 Å². The van der Waals surface area contributed by atoms with Gasteiger partial charge in [-0.05, 0) is 25.1 Å². The van der Waals surface area contributed by atoms with Crippen LogP contribution in [0.15, 0.2) is 27.6 Å². The average molecular weight is 503 g/mol. The maximum absolute atomic E-state index is 13.4. The standard InChI is InChI=1S/C18H22FN5OS.HI/c1-10(2)17-24-23-16(26-17)9-22-18(20-4)21-8-15-11(3)13-7-12(19)5-6-14(13)25-15;/h5-7,10H,8-9H2,1-4H3,(H2,20,21,22);1H. The van der Waals surface area contributed by atoms with Crippen molar-refractivity contribution >= 4 is 52.2 Å². The molecule has 9 heteroatoms. The van der Waals surface area contributed by atoms with E-state index in [-0.39, 0.29) is 29.8 Å². The molecule has 0 spiro atoms. The lowest BCUT2D eigenvalue weighted by atomic mass is 10.1. The van der Waals surface area contributed by atoms with Gasteiger partial charge in [0.25, 0.3) is 0 Å². The van der Waals surface area contributed by atoms with E-state index in [1.54, 1.807) is 24.5 Å². The van der Waals surface area contributed by atoms with E-state index in [4.69, 9.17) is 4.42 Å². The van der Waals surface area contributed by atoms with Gasteiger partial charge in [0.15, 0.2) is 5.96 Å². The molecular formula is C18H23FIN5OS. The van der Waals surface area contributed by atoms with Crippen molar-refractivity contribution < 1.29 is 8.81 Å². The quantitative estimate of drug-likeness (QED) is 0.308. The van der Waals surface area contributed by atoms with Gasteiger partial charge in [0.2, 0.25) is 0 Å². The van der Waals surface area contributed by atoms with Crippen LogP contribution >= 0.6 is 35.3 Å². The second kappa shape index (κ2) is 9.45. The van der Waals surface area contributed by atoms with E-state index < -0.39 is 0 Å². The molecule has 0 fully saturated rings. The van der Waals surface area contributed by atoms with Crippen LogP contribution in [0.2, 0.25) is 0 Å². The minimum absolute atomic E-state index is 0. The number of rotatable bonds is 5. The van der Waals surface area contributed by atoms with Gasteiger partial charge in [-0.3, -0.25) is 4.99 Å². The number of guanidine groups is 1. The molecular weight excluding hydrogens is 480 g/mol. The Kier molecular flexibility index (Phi) is 7.54. The molecule has 1 aromatic carbocycles. The molecule has 6 nitrogen and oxygen atoms in total. The molecule has 3 aromatic rings. The van der Waals surface area contributed by atoms with Gasteiger partial charge in [-0.25, -0.2) is 4.39 Å². The summed E-state index contributed by atoms with van der Waals surface area (Å²) >= 11 is 1.59. The first-order chi connectivity index (χ1) is 12.5. The lowest BCUT2D eigenvalue weighted by Crippen LogP contribution is -2.36. The van der Waals surface area contributed by atoms with Gasteiger partial charge in [0, 0.05) is 23.9 Å². The normalized spacial score (nSPS) is 11.7. The van der Waals surface area contributed by atoms with E-state index >= 15 is 0 Å². The van der Waals surface area contributed by atoms with Crippen LogP contribution in [0.3, 0.4) is 0 Å². The first-order valence-corrected chi connectivity index (χ1v) is 9.24. The SMILES string of the molecule is CN=C(NCc1nnc(C(C)C)s1)NCc1oc2ccc(F)cc2c1C.I. The maximum atomic E-state index is 13.4. The molecule has 2 N–H and O–H groups in total. The molecule has 0 amide bonds. The van der Waals surface area contributed by atoms with Crippen LogP contribution in [0.5, 0.6) is 0 Å². The topological polar surface area (TPSA) is 75.3 Å². The highest BCUT2D eigenvalue weighted by Gasteiger charge is 2.12. The van der Waals surface area contributed by atoms with E-state index in [1.807, 2.05) is 6.92 Å². The van der Waals surface area contributed by atoms with Crippen LogP contribution in [0.4, 0.5) is 4.39 Å². The molecule has 3 rings (SSSR count). The third-order valence-corrected chi connectivity index (χ3v) is 5.24. The Balaban J connectivity index is 0.00000261. The first kappa shape index (κ1) is 21.5. The highest BCUT2D eigenvalue weighted by atomic mass is 127. The summed E-state index contributed by atoms with van der Waals surface area (Å²) < 4.78 is 19.2. The third-order valence-electron chi connectivity index (χ3n) is 4.02. The minimum Gasteiger partial charge on any atom is -0.459 e. The Hall–Kier alpha value is -1.75. The highest BCUT2D eigenvalue weighted by molar-refractivity contribution is 14.0. The number of fused-ring (bicyclic) bond motifs is 1. The summed E-state index contributed by atoms with van der Waals surface area (Å²) in [5.41, 5.74) is 1.60. The van der Waals surface area contributed by atoms with E-state index in [0.717, 1.165) is 26.7 Å². The molecule has 27 heavy (non-hydrogen) atoms. The molecule has 146 valence electrons. The van der Waals surface area contributed by atoms with E-state index in [0.29, 0.717) is 30.5 Å². The molecule has 0 unspecified atom stereocenters. The molecule has 2 heterocycles. The Bertz CT molecular complexity index is 937. The number of aryl methyl sites for hydroxylation is 1. The van der Waals surface area contributed by atoms with Crippen molar-refractivity contribution in [3.05, 3.63) is 45.4 Å². The second-order valence-corrected chi connectivity index (χ2v) is 7.35. The van der Waals surface area contributed by atoms with Crippen LogP contribution < -0.4 is 10.6 Å².